The number of ether oxygens (including phenoxy) is 1. The van der Waals surface area contributed by atoms with Crippen LogP contribution in [0.25, 0.3) is 0 Å². The number of nitrogens with zero attached hydrogens (tertiary/aromatic N) is 1. The van der Waals surface area contributed by atoms with Gasteiger partial charge in [-0.2, -0.15) is 0 Å². The highest BCUT2D eigenvalue weighted by Crippen LogP contribution is 2.35. The molecule has 4 rings (SSSR count). The Labute approximate surface area is 181 Å². The minimum absolute atomic E-state index is 0.0992. The second kappa shape index (κ2) is 9.10. The highest BCUT2D eigenvalue weighted by Gasteiger charge is 2.27. The van der Waals surface area contributed by atoms with Gasteiger partial charge in [0.1, 0.15) is 0 Å². The summed E-state index contributed by atoms with van der Waals surface area (Å²) < 4.78 is 5.79. The van der Waals surface area contributed by atoms with Crippen LogP contribution in [-0.2, 0) is 17.8 Å². The summed E-state index contributed by atoms with van der Waals surface area (Å²) >= 11 is 1.53. The Balaban J connectivity index is 1.53. The number of amides is 2. The molecule has 2 aromatic rings. The first-order valence-corrected chi connectivity index (χ1v) is 11.5. The molecule has 158 valence electrons. The fourth-order valence-electron chi connectivity index (χ4n) is 4.11. The van der Waals surface area contributed by atoms with Crippen LogP contribution in [0.2, 0.25) is 0 Å². The Morgan fingerprint density at radius 2 is 2.10 bits per heavy atom. The van der Waals surface area contributed by atoms with Crippen LogP contribution in [0.4, 0.5) is 5.69 Å². The van der Waals surface area contributed by atoms with Crippen molar-refractivity contribution < 1.29 is 14.3 Å². The first kappa shape index (κ1) is 20.8. The Morgan fingerprint density at radius 3 is 2.87 bits per heavy atom. The summed E-state index contributed by atoms with van der Waals surface area (Å²) in [6.45, 7) is 4.81. The topological polar surface area (TPSA) is 70.7 Å². The van der Waals surface area contributed by atoms with Gasteiger partial charge in [-0.15, -0.1) is 11.8 Å². The Hall–Kier alpha value is -2.51. The standard InChI is InChI=1S/C23H27N3O3S/c1-3-26-14-16-7-5-4-6-15(16)10-17(26)13-24-23(28)19-11-18(30-2)12-20-22(19)29-9-8-21(27)25-20/h4-7,11-12,17H,3,8-10,13-14H2,1-2H3,(H,24,28)(H,25,27)/t17-/m1/s1. The van der Waals surface area contributed by atoms with Gasteiger partial charge in [0, 0.05) is 24.0 Å². The average molecular weight is 426 g/mol. The molecule has 0 fully saturated rings. The van der Waals surface area contributed by atoms with E-state index in [4.69, 9.17) is 4.74 Å². The van der Waals surface area contributed by atoms with Crippen molar-refractivity contribution in [1.82, 2.24) is 10.2 Å². The van der Waals surface area contributed by atoms with E-state index < -0.39 is 0 Å². The van der Waals surface area contributed by atoms with Gasteiger partial charge in [-0.3, -0.25) is 14.5 Å². The molecule has 0 radical (unpaired) electrons. The monoisotopic (exact) mass is 425 g/mol. The molecule has 1 atom stereocenters. The quantitative estimate of drug-likeness (QED) is 0.720. The molecule has 2 heterocycles. The van der Waals surface area contributed by atoms with Crippen molar-refractivity contribution in [3.05, 3.63) is 53.1 Å². The van der Waals surface area contributed by atoms with E-state index in [0.717, 1.165) is 24.4 Å². The van der Waals surface area contributed by atoms with E-state index in [9.17, 15) is 9.59 Å². The number of fused-ring (bicyclic) bond motifs is 2. The third-order valence-electron chi connectivity index (χ3n) is 5.76. The van der Waals surface area contributed by atoms with Crippen LogP contribution in [0.5, 0.6) is 5.75 Å². The molecule has 0 bridgehead atoms. The molecule has 0 aliphatic carbocycles. The molecular formula is C23H27N3O3S. The normalized spacial score (nSPS) is 18.5. The molecule has 0 saturated carbocycles. The second-order valence-electron chi connectivity index (χ2n) is 7.60. The van der Waals surface area contributed by atoms with Crippen molar-refractivity contribution in [2.75, 3.05) is 31.3 Å². The number of hydrogen-bond acceptors (Lipinski definition) is 5. The van der Waals surface area contributed by atoms with Gasteiger partial charge in [0.05, 0.1) is 24.3 Å². The Bertz CT molecular complexity index is 963. The maximum Gasteiger partial charge on any atom is 0.255 e. The molecule has 2 N–H and O–H groups in total. The summed E-state index contributed by atoms with van der Waals surface area (Å²) in [5.41, 5.74) is 3.75. The van der Waals surface area contributed by atoms with Gasteiger partial charge >= 0.3 is 0 Å². The van der Waals surface area contributed by atoms with Gasteiger partial charge in [0.2, 0.25) is 5.91 Å². The summed E-state index contributed by atoms with van der Waals surface area (Å²) in [7, 11) is 0. The fourth-order valence-corrected chi connectivity index (χ4v) is 4.59. The van der Waals surface area contributed by atoms with Gasteiger partial charge in [-0.25, -0.2) is 0 Å². The lowest BCUT2D eigenvalue weighted by Gasteiger charge is -2.36. The summed E-state index contributed by atoms with van der Waals surface area (Å²) in [6.07, 6.45) is 3.14. The lowest BCUT2D eigenvalue weighted by atomic mass is 9.94. The van der Waals surface area contributed by atoms with E-state index in [1.165, 1.54) is 22.9 Å². The molecule has 2 aliphatic rings. The van der Waals surface area contributed by atoms with Crippen LogP contribution < -0.4 is 15.4 Å². The molecule has 30 heavy (non-hydrogen) atoms. The molecule has 0 saturated heterocycles. The molecule has 2 aliphatic heterocycles. The third-order valence-corrected chi connectivity index (χ3v) is 6.47. The number of likely N-dealkylation sites (N-methyl/N-ethyl adjacent to an activating group) is 1. The lowest BCUT2D eigenvalue weighted by molar-refractivity contribution is -0.116. The largest absolute Gasteiger partial charge is 0.490 e. The minimum Gasteiger partial charge on any atom is -0.490 e. The highest BCUT2D eigenvalue weighted by molar-refractivity contribution is 7.98. The van der Waals surface area contributed by atoms with E-state index in [1.54, 1.807) is 0 Å². The fraction of sp³-hybridized carbons (Fsp3) is 0.391. The molecule has 2 aromatic carbocycles. The van der Waals surface area contributed by atoms with Crippen LogP contribution in [-0.4, -0.2) is 48.7 Å². The second-order valence-corrected chi connectivity index (χ2v) is 8.48. The maximum atomic E-state index is 13.1. The molecule has 2 amide bonds. The van der Waals surface area contributed by atoms with Crippen molar-refractivity contribution in [3.8, 4) is 5.75 Å². The van der Waals surface area contributed by atoms with E-state index in [2.05, 4.69) is 46.7 Å². The number of rotatable bonds is 5. The van der Waals surface area contributed by atoms with E-state index in [-0.39, 0.29) is 30.9 Å². The van der Waals surface area contributed by atoms with Gasteiger partial charge < -0.3 is 15.4 Å². The van der Waals surface area contributed by atoms with Crippen LogP contribution >= 0.6 is 11.8 Å². The zero-order valence-corrected chi connectivity index (χ0v) is 18.2. The molecule has 7 heteroatoms. The van der Waals surface area contributed by atoms with Crippen LogP contribution in [0, 0.1) is 0 Å². The zero-order valence-electron chi connectivity index (χ0n) is 17.4. The van der Waals surface area contributed by atoms with E-state index in [0.29, 0.717) is 23.5 Å². The molecule has 0 spiro atoms. The highest BCUT2D eigenvalue weighted by atomic mass is 32.2. The Kier molecular flexibility index (Phi) is 6.29. The van der Waals surface area contributed by atoms with Gasteiger partial charge in [-0.1, -0.05) is 31.2 Å². The number of benzene rings is 2. The summed E-state index contributed by atoms with van der Waals surface area (Å²) in [5, 5.41) is 5.97. The van der Waals surface area contributed by atoms with Crippen LogP contribution in [0.15, 0.2) is 41.3 Å². The molecular weight excluding hydrogens is 398 g/mol. The van der Waals surface area contributed by atoms with Crippen LogP contribution in [0.1, 0.15) is 34.8 Å². The smallest absolute Gasteiger partial charge is 0.255 e. The van der Waals surface area contributed by atoms with E-state index in [1.807, 2.05) is 18.4 Å². The number of carbonyl (C=O) groups excluding carboxylic acids is 2. The van der Waals surface area contributed by atoms with Crippen molar-refractivity contribution in [2.24, 2.45) is 0 Å². The van der Waals surface area contributed by atoms with Crippen molar-refractivity contribution in [3.63, 3.8) is 0 Å². The minimum atomic E-state index is -0.173. The summed E-state index contributed by atoms with van der Waals surface area (Å²) in [5.74, 6) is 0.184. The van der Waals surface area contributed by atoms with Crippen LogP contribution in [0.3, 0.4) is 0 Å². The predicted molar refractivity (Wildman–Crippen MR) is 119 cm³/mol. The first-order valence-electron chi connectivity index (χ1n) is 10.3. The predicted octanol–water partition coefficient (Wildman–Crippen LogP) is 3.31. The Morgan fingerprint density at radius 1 is 1.30 bits per heavy atom. The number of carbonyl (C=O) groups is 2. The zero-order chi connectivity index (χ0) is 21.1. The third kappa shape index (κ3) is 4.32. The van der Waals surface area contributed by atoms with E-state index >= 15 is 0 Å². The number of nitrogens with one attached hydrogen (secondary N) is 2. The van der Waals surface area contributed by atoms with Crippen molar-refractivity contribution in [1.29, 1.82) is 0 Å². The lowest BCUT2D eigenvalue weighted by Crippen LogP contribution is -2.47. The van der Waals surface area contributed by atoms with Gasteiger partial charge in [-0.05, 0) is 42.5 Å². The summed E-state index contributed by atoms with van der Waals surface area (Å²) in [4.78, 5) is 28.4. The summed E-state index contributed by atoms with van der Waals surface area (Å²) in [6, 6.07) is 12.5. The van der Waals surface area contributed by atoms with Gasteiger partial charge in [0.25, 0.3) is 5.91 Å². The molecule has 0 aromatic heterocycles. The van der Waals surface area contributed by atoms with Crippen molar-refractivity contribution in [2.45, 2.75) is 37.2 Å². The number of hydrogen-bond donors (Lipinski definition) is 2. The molecule has 0 unspecified atom stereocenters. The number of thioether (sulfide) groups is 1. The van der Waals surface area contributed by atoms with Gasteiger partial charge in [0.15, 0.2) is 5.75 Å². The SMILES string of the molecule is CCN1Cc2ccccc2C[C@@H]1CNC(=O)c1cc(SC)cc2c1OCCC(=O)N2. The first-order chi connectivity index (χ1) is 14.6. The average Bonchev–Trinajstić information content (AvgIpc) is 2.96. The van der Waals surface area contributed by atoms with Crippen molar-refractivity contribution >= 4 is 29.3 Å². The maximum absolute atomic E-state index is 13.1. The number of anilines is 1. The molecule has 6 nitrogen and oxygen atoms in total.